The highest BCUT2D eigenvalue weighted by atomic mass is 35.5. The lowest BCUT2D eigenvalue weighted by Crippen LogP contribution is -2.39. The fraction of sp³-hybridized carbons (Fsp3) is 0.833. The van der Waals surface area contributed by atoms with Crippen molar-refractivity contribution in [3.05, 3.63) is 0 Å². The number of halogens is 1. The van der Waals surface area contributed by atoms with Crippen LogP contribution < -0.4 is 5.32 Å². The Morgan fingerprint density at radius 2 is 2.56 bits per heavy atom. The summed E-state index contributed by atoms with van der Waals surface area (Å²) < 4.78 is 0. The Bertz CT molecular complexity index is 137. The third-order valence-corrected chi connectivity index (χ3v) is 2.23. The topological polar surface area (TPSA) is 29.1 Å². The van der Waals surface area contributed by atoms with Crippen LogP contribution in [0.1, 0.15) is 19.8 Å². The maximum absolute atomic E-state index is 10.6. The van der Waals surface area contributed by atoms with Gasteiger partial charge in [-0.2, -0.15) is 0 Å². The molecule has 1 atom stereocenters. The van der Waals surface area contributed by atoms with E-state index in [1.807, 2.05) is 6.92 Å². The smallest absolute Gasteiger partial charge is 0.220 e. The number of carbonyl (C=O) groups excluding carboxylic acids is 1. The SMILES string of the molecule is C[C@]1(CCl)CCC(=O)N1. The van der Waals surface area contributed by atoms with E-state index in [-0.39, 0.29) is 11.4 Å². The van der Waals surface area contributed by atoms with Crippen LogP contribution in [0, 0.1) is 0 Å². The van der Waals surface area contributed by atoms with Gasteiger partial charge in [-0.05, 0) is 13.3 Å². The van der Waals surface area contributed by atoms with E-state index in [2.05, 4.69) is 5.32 Å². The van der Waals surface area contributed by atoms with E-state index in [0.717, 1.165) is 6.42 Å². The molecule has 0 bridgehead atoms. The second-order valence-electron chi connectivity index (χ2n) is 2.74. The normalized spacial score (nSPS) is 34.7. The summed E-state index contributed by atoms with van der Waals surface area (Å²) in [5.74, 6) is 0.636. The largest absolute Gasteiger partial charge is 0.350 e. The lowest BCUT2D eigenvalue weighted by Gasteiger charge is -2.19. The summed E-state index contributed by atoms with van der Waals surface area (Å²) in [6, 6.07) is 0. The van der Waals surface area contributed by atoms with Gasteiger partial charge >= 0.3 is 0 Å². The molecule has 1 aliphatic rings. The van der Waals surface area contributed by atoms with Crippen LogP contribution >= 0.6 is 11.6 Å². The van der Waals surface area contributed by atoms with Gasteiger partial charge in [0.05, 0.1) is 5.54 Å². The summed E-state index contributed by atoms with van der Waals surface area (Å²) in [6.45, 7) is 1.96. The Kier molecular flexibility index (Phi) is 1.66. The highest BCUT2D eigenvalue weighted by Gasteiger charge is 2.31. The van der Waals surface area contributed by atoms with Gasteiger partial charge < -0.3 is 5.32 Å². The molecule has 0 unspecified atom stereocenters. The fourth-order valence-electron chi connectivity index (χ4n) is 0.951. The van der Waals surface area contributed by atoms with Crippen LogP contribution in [0.4, 0.5) is 0 Å². The van der Waals surface area contributed by atoms with Crippen molar-refractivity contribution < 1.29 is 4.79 Å². The Hall–Kier alpha value is -0.240. The molecule has 1 heterocycles. The molecule has 0 aromatic rings. The quantitative estimate of drug-likeness (QED) is 0.549. The molecule has 9 heavy (non-hydrogen) atoms. The van der Waals surface area contributed by atoms with Crippen molar-refractivity contribution in [1.29, 1.82) is 0 Å². The van der Waals surface area contributed by atoms with Crippen molar-refractivity contribution >= 4 is 17.5 Å². The minimum atomic E-state index is -0.126. The number of hydrogen-bond acceptors (Lipinski definition) is 1. The molecule has 0 radical (unpaired) electrons. The molecule has 1 fully saturated rings. The number of rotatable bonds is 1. The third-order valence-electron chi connectivity index (χ3n) is 1.64. The Labute approximate surface area is 59.6 Å². The first-order valence-corrected chi connectivity index (χ1v) is 3.57. The van der Waals surface area contributed by atoms with Gasteiger partial charge in [0.1, 0.15) is 0 Å². The van der Waals surface area contributed by atoms with Crippen LogP contribution in [-0.4, -0.2) is 17.3 Å². The standard InChI is InChI=1S/C6H10ClNO/c1-6(4-7)3-2-5(9)8-6/h2-4H2,1H3,(H,8,9)/t6-/m1/s1. The summed E-state index contributed by atoms with van der Waals surface area (Å²) in [5.41, 5.74) is -0.126. The Balaban J connectivity index is 2.54. The second kappa shape index (κ2) is 2.18. The van der Waals surface area contributed by atoms with E-state index < -0.39 is 0 Å². The predicted molar refractivity (Wildman–Crippen MR) is 36.5 cm³/mol. The van der Waals surface area contributed by atoms with Crippen LogP contribution in [0.3, 0.4) is 0 Å². The van der Waals surface area contributed by atoms with Crippen molar-refractivity contribution in [2.45, 2.75) is 25.3 Å². The molecule has 0 spiro atoms. The van der Waals surface area contributed by atoms with Gasteiger partial charge in [0.2, 0.25) is 5.91 Å². The first kappa shape index (κ1) is 6.87. The van der Waals surface area contributed by atoms with Crippen molar-refractivity contribution in [1.82, 2.24) is 5.32 Å². The molecule has 1 amide bonds. The van der Waals surface area contributed by atoms with Gasteiger partial charge in [0.25, 0.3) is 0 Å². The predicted octanol–water partition coefficient (Wildman–Crippen LogP) is 0.894. The molecule has 0 aromatic carbocycles. The molecule has 1 aliphatic heterocycles. The minimum Gasteiger partial charge on any atom is -0.350 e. The fourth-order valence-corrected chi connectivity index (χ4v) is 1.15. The number of alkyl halides is 1. The highest BCUT2D eigenvalue weighted by Crippen LogP contribution is 2.20. The summed E-state index contributed by atoms with van der Waals surface area (Å²) in [7, 11) is 0. The molecule has 0 saturated carbocycles. The zero-order valence-electron chi connectivity index (χ0n) is 5.41. The molecule has 0 aromatic heterocycles. The van der Waals surface area contributed by atoms with E-state index >= 15 is 0 Å². The number of hydrogen-bond donors (Lipinski definition) is 1. The van der Waals surface area contributed by atoms with Crippen LogP contribution in [0.15, 0.2) is 0 Å². The van der Waals surface area contributed by atoms with E-state index in [0.29, 0.717) is 12.3 Å². The lowest BCUT2D eigenvalue weighted by molar-refractivity contribution is -0.119. The summed E-state index contributed by atoms with van der Waals surface area (Å²) >= 11 is 5.60. The molecule has 0 aliphatic carbocycles. The Morgan fingerprint density at radius 3 is 2.78 bits per heavy atom. The maximum atomic E-state index is 10.6. The average molecular weight is 148 g/mol. The molecular formula is C6H10ClNO. The van der Waals surface area contributed by atoms with Gasteiger partial charge in [0.15, 0.2) is 0 Å². The maximum Gasteiger partial charge on any atom is 0.220 e. The monoisotopic (exact) mass is 147 g/mol. The summed E-state index contributed by atoms with van der Waals surface area (Å²) in [6.07, 6.45) is 1.50. The first-order valence-electron chi connectivity index (χ1n) is 3.03. The van der Waals surface area contributed by atoms with Crippen molar-refractivity contribution in [2.24, 2.45) is 0 Å². The Morgan fingerprint density at radius 1 is 1.89 bits per heavy atom. The summed E-state index contributed by atoms with van der Waals surface area (Å²) in [5, 5.41) is 2.81. The van der Waals surface area contributed by atoms with Crippen LogP contribution in [0.25, 0.3) is 0 Å². The molecule has 2 nitrogen and oxygen atoms in total. The van der Waals surface area contributed by atoms with Gasteiger partial charge in [0, 0.05) is 12.3 Å². The minimum absolute atomic E-state index is 0.123. The van der Waals surface area contributed by atoms with Crippen molar-refractivity contribution in [3.63, 3.8) is 0 Å². The van der Waals surface area contributed by atoms with Gasteiger partial charge in [-0.25, -0.2) is 0 Å². The van der Waals surface area contributed by atoms with E-state index in [1.54, 1.807) is 0 Å². The molecule has 1 saturated heterocycles. The van der Waals surface area contributed by atoms with E-state index in [9.17, 15) is 4.79 Å². The number of nitrogens with one attached hydrogen (secondary N) is 1. The zero-order chi connectivity index (χ0) is 6.91. The van der Waals surface area contributed by atoms with Crippen molar-refractivity contribution in [3.8, 4) is 0 Å². The van der Waals surface area contributed by atoms with Gasteiger partial charge in [-0.3, -0.25) is 4.79 Å². The van der Waals surface area contributed by atoms with Crippen LogP contribution in [0.5, 0.6) is 0 Å². The zero-order valence-corrected chi connectivity index (χ0v) is 6.16. The van der Waals surface area contributed by atoms with Crippen LogP contribution in [0.2, 0.25) is 0 Å². The molecule has 1 rings (SSSR count). The number of carbonyl (C=O) groups is 1. The van der Waals surface area contributed by atoms with Gasteiger partial charge in [-0.15, -0.1) is 11.6 Å². The van der Waals surface area contributed by atoms with Crippen molar-refractivity contribution in [2.75, 3.05) is 5.88 Å². The number of amides is 1. The third kappa shape index (κ3) is 1.36. The lowest BCUT2D eigenvalue weighted by atomic mass is 10.0. The first-order chi connectivity index (χ1) is 4.16. The average Bonchev–Trinajstić information content (AvgIpc) is 2.13. The van der Waals surface area contributed by atoms with Gasteiger partial charge in [-0.1, -0.05) is 0 Å². The highest BCUT2D eigenvalue weighted by molar-refractivity contribution is 6.18. The van der Waals surface area contributed by atoms with E-state index in [1.165, 1.54) is 0 Å². The molecule has 3 heteroatoms. The molecule has 1 N–H and O–H groups in total. The summed E-state index contributed by atoms with van der Waals surface area (Å²) in [4.78, 5) is 10.6. The second-order valence-corrected chi connectivity index (χ2v) is 3.01. The molecular weight excluding hydrogens is 138 g/mol. The van der Waals surface area contributed by atoms with Crippen LogP contribution in [-0.2, 0) is 4.79 Å². The van der Waals surface area contributed by atoms with E-state index in [4.69, 9.17) is 11.6 Å². The molecule has 52 valence electrons.